The average molecular weight is 247 g/mol. The van der Waals surface area contributed by atoms with Crippen LogP contribution in [0.25, 0.3) is 0 Å². The Hall–Kier alpha value is -0.860. The van der Waals surface area contributed by atoms with Crippen molar-refractivity contribution in [1.29, 1.82) is 0 Å². The fraction of sp³-hybridized carbons (Fsp3) is 0.625. The molecular weight excluding hydrogens is 222 g/mol. The fourth-order valence-electron chi connectivity index (χ4n) is 2.85. The number of rotatable bonds is 4. The zero-order valence-electron chi connectivity index (χ0n) is 11.3. The molecule has 2 N–H and O–H groups in total. The Bertz CT molecular complexity index is 338. The lowest BCUT2D eigenvalue weighted by atomic mass is 9.96. The quantitative estimate of drug-likeness (QED) is 0.800. The van der Waals surface area contributed by atoms with E-state index in [0.717, 1.165) is 11.5 Å². The van der Waals surface area contributed by atoms with E-state index in [-0.39, 0.29) is 6.10 Å². The summed E-state index contributed by atoms with van der Waals surface area (Å²) < 4.78 is 0. The Morgan fingerprint density at radius 1 is 1.17 bits per heavy atom. The first-order chi connectivity index (χ1) is 8.77. The number of aliphatic hydroxyl groups is 1. The summed E-state index contributed by atoms with van der Waals surface area (Å²) in [5.74, 6) is 0.732. The van der Waals surface area contributed by atoms with Crippen molar-refractivity contribution >= 4 is 0 Å². The third-order valence-corrected chi connectivity index (χ3v) is 4.12. The van der Waals surface area contributed by atoms with Gasteiger partial charge in [-0.15, -0.1) is 0 Å². The zero-order valence-corrected chi connectivity index (χ0v) is 11.3. The number of hydrogen-bond acceptors (Lipinski definition) is 2. The Morgan fingerprint density at radius 2 is 1.89 bits per heavy atom. The number of hydrogen-bond donors (Lipinski definition) is 2. The van der Waals surface area contributed by atoms with Crippen molar-refractivity contribution in [3.63, 3.8) is 0 Å². The van der Waals surface area contributed by atoms with Crippen LogP contribution < -0.4 is 5.32 Å². The van der Waals surface area contributed by atoms with E-state index in [1.54, 1.807) is 0 Å². The largest absolute Gasteiger partial charge is 0.387 e. The van der Waals surface area contributed by atoms with Crippen molar-refractivity contribution < 1.29 is 5.11 Å². The van der Waals surface area contributed by atoms with Gasteiger partial charge < -0.3 is 10.4 Å². The summed E-state index contributed by atoms with van der Waals surface area (Å²) in [5.41, 5.74) is 1.01. The normalized spacial score (nSPS) is 26.6. The highest BCUT2D eigenvalue weighted by Crippen LogP contribution is 2.23. The van der Waals surface area contributed by atoms with Crippen LogP contribution in [0.4, 0.5) is 0 Å². The maximum absolute atomic E-state index is 10.1. The van der Waals surface area contributed by atoms with Crippen molar-refractivity contribution in [3.8, 4) is 0 Å². The Morgan fingerprint density at radius 3 is 2.67 bits per heavy atom. The van der Waals surface area contributed by atoms with Crippen LogP contribution in [0.15, 0.2) is 30.3 Å². The van der Waals surface area contributed by atoms with Crippen LogP contribution in [0.1, 0.15) is 50.7 Å². The first-order valence-corrected chi connectivity index (χ1v) is 7.24. The molecule has 0 spiro atoms. The molecule has 0 aliphatic heterocycles. The summed E-state index contributed by atoms with van der Waals surface area (Å²) in [6.45, 7) is 3.00. The molecule has 1 aliphatic carbocycles. The summed E-state index contributed by atoms with van der Waals surface area (Å²) >= 11 is 0. The SMILES string of the molecule is CC1CCCCCC1NCC(O)c1ccccc1. The predicted molar refractivity (Wildman–Crippen MR) is 75.4 cm³/mol. The summed E-state index contributed by atoms with van der Waals surface area (Å²) in [7, 11) is 0. The smallest absolute Gasteiger partial charge is 0.0914 e. The molecule has 2 nitrogen and oxygen atoms in total. The molecule has 1 saturated carbocycles. The second kappa shape index (κ2) is 6.91. The van der Waals surface area contributed by atoms with Gasteiger partial charge in [0.05, 0.1) is 6.10 Å². The van der Waals surface area contributed by atoms with Crippen LogP contribution in [0.5, 0.6) is 0 Å². The minimum absolute atomic E-state index is 0.387. The van der Waals surface area contributed by atoms with Gasteiger partial charge in [-0.25, -0.2) is 0 Å². The minimum Gasteiger partial charge on any atom is -0.387 e. The monoisotopic (exact) mass is 247 g/mol. The highest BCUT2D eigenvalue weighted by atomic mass is 16.3. The number of nitrogens with one attached hydrogen (secondary N) is 1. The van der Waals surface area contributed by atoms with Crippen LogP contribution in [0.3, 0.4) is 0 Å². The van der Waals surface area contributed by atoms with Crippen molar-refractivity contribution in [2.24, 2.45) is 5.92 Å². The van der Waals surface area contributed by atoms with Gasteiger partial charge >= 0.3 is 0 Å². The topological polar surface area (TPSA) is 32.3 Å². The highest BCUT2D eigenvalue weighted by Gasteiger charge is 2.20. The van der Waals surface area contributed by atoms with Gasteiger partial charge in [0.1, 0.15) is 0 Å². The molecule has 0 saturated heterocycles. The van der Waals surface area contributed by atoms with Crippen LogP contribution in [0.2, 0.25) is 0 Å². The van der Waals surface area contributed by atoms with Gasteiger partial charge in [-0.3, -0.25) is 0 Å². The predicted octanol–water partition coefficient (Wildman–Crippen LogP) is 3.28. The first-order valence-electron chi connectivity index (χ1n) is 7.24. The van der Waals surface area contributed by atoms with Crippen LogP contribution in [0, 0.1) is 5.92 Å². The van der Waals surface area contributed by atoms with Crippen molar-refractivity contribution in [1.82, 2.24) is 5.32 Å². The lowest BCUT2D eigenvalue weighted by Gasteiger charge is -2.24. The van der Waals surface area contributed by atoms with Gasteiger partial charge in [-0.05, 0) is 24.3 Å². The molecule has 0 bridgehead atoms. The lowest BCUT2D eigenvalue weighted by Crippen LogP contribution is -2.37. The third-order valence-electron chi connectivity index (χ3n) is 4.12. The summed E-state index contributed by atoms with van der Waals surface area (Å²) in [6, 6.07) is 10.5. The van der Waals surface area contributed by atoms with E-state index in [4.69, 9.17) is 0 Å². The molecule has 1 aromatic rings. The van der Waals surface area contributed by atoms with Crippen LogP contribution in [-0.2, 0) is 0 Å². The Kier molecular flexibility index (Phi) is 5.21. The Balaban J connectivity index is 1.83. The molecule has 0 radical (unpaired) electrons. The molecule has 2 rings (SSSR count). The molecule has 1 aliphatic rings. The van der Waals surface area contributed by atoms with Gasteiger partial charge in [-0.2, -0.15) is 0 Å². The van der Waals surface area contributed by atoms with Crippen molar-refractivity contribution in [3.05, 3.63) is 35.9 Å². The van der Waals surface area contributed by atoms with E-state index < -0.39 is 0 Å². The van der Waals surface area contributed by atoms with Gasteiger partial charge in [0.15, 0.2) is 0 Å². The molecule has 2 heteroatoms. The number of benzene rings is 1. The minimum atomic E-state index is -0.387. The van der Waals surface area contributed by atoms with E-state index in [1.807, 2.05) is 30.3 Å². The Labute approximate surface area is 110 Å². The maximum atomic E-state index is 10.1. The maximum Gasteiger partial charge on any atom is 0.0914 e. The van der Waals surface area contributed by atoms with E-state index in [9.17, 15) is 5.11 Å². The fourth-order valence-corrected chi connectivity index (χ4v) is 2.85. The lowest BCUT2D eigenvalue weighted by molar-refractivity contribution is 0.163. The first kappa shape index (κ1) is 13.6. The van der Waals surface area contributed by atoms with Crippen LogP contribution in [-0.4, -0.2) is 17.7 Å². The second-order valence-corrected chi connectivity index (χ2v) is 5.56. The molecule has 1 aromatic carbocycles. The molecule has 0 aromatic heterocycles. The zero-order chi connectivity index (χ0) is 12.8. The third kappa shape index (κ3) is 3.82. The second-order valence-electron chi connectivity index (χ2n) is 5.56. The molecule has 100 valence electrons. The van der Waals surface area contributed by atoms with Gasteiger partial charge in [0.25, 0.3) is 0 Å². The van der Waals surface area contributed by atoms with E-state index in [1.165, 1.54) is 32.1 Å². The van der Waals surface area contributed by atoms with E-state index >= 15 is 0 Å². The standard InChI is InChI=1S/C16H25NO/c1-13-8-4-2-7-11-15(13)17-12-16(18)14-9-5-3-6-10-14/h3,5-6,9-10,13,15-18H,2,4,7-8,11-12H2,1H3. The van der Waals surface area contributed by atoms with Gasteiger partial charge in [0, 0.05) is 12.6 Å². The molecule has 0 amide bonds. The average Bonchev–Trinajstić information content (AvgIpc) is 2.62. The molecular formula is C16H25NO. The van der Waals surface area contributed by atoms with E-state index in [0.29, 0.717) is 12.6 Å². The van der Waals surface area contributed by atoms with Gasteiger partial charge in [-0.1, -0.05) is 56.5 Å². The summed E-state index contributed by atoms with van der Waals surface area (Å²) in [6.07, 6.45) is 6.23. The molecule has 0 heterocycles. The number of aliphatic hydroxyl groups excluding tert-OH is 1. The molecule has 1 fully saturated rings. The summed E-state index contributed by atoms with van der Waals surface area (Å²) in [4.78, 5) is 0. The highest BCUT2D eigenvalue weighted by molar-refractivity contribution is 5.17. The summed E-state index contributed by atoms with van der Waals surface area (Å²) in [5, 5.41) is 13.7. The molecule has 18 heavy (non-hydrogen) atoms. The van der Waals surface area contributed by atoms with Crippen LogP contribution >= 0.6 is 0 Å². The van der Waals surface area contributed by atoms with E-state index in [2.05, 4.69) is 12.2 Å². The van der Waals surface area contributed by atoms with Crippen molar-refractivity contribution in [2.75, 3.05) is 6.54 Å². The molecule has 3 unspecified atom stereocenters. The van der Waals surface area contributed by atoms with Crippen molar-refractivity contribution in [2.45, 2.75) is 51.2 Å². The molecule has 3 atom stereocenters. The van der Waals surface area contributed by atoms with Gasteiger partial charge in [0.2, 0.25) is 0 Å².